The maximum absolute atomic E-state index is 12.6. The minimum absolute atomic E-state index is 0.279. The van der Waals surface area contributed by atoms with E-state index in [4.69, 9.17) is 28.2 Å². The van der Waals surface area contributed by atoms with E-state index in [1.165, 1.54) is 10.5 Å². The number of carbonyl (C=O) groups is 1. The molecule has 47 heavy (non-hydrogen) atoms. The van der Waals surface area contributed by atoms with Crippen LogP contribution in [0.4, 0.5) is 5.69 Å². The number of carbonyl (C=O) groups excluding carboxylic acids is 1. The Morgan fingerprint density at radius 2 is 1.64 bits per heavy atom. The van der Waals surface area contributed by atoms with Gasteiger partial charge in [0.05, 0.1) is 16.4 Å². The molecule has 0 aliphatic carbocycles. The van der Waals surface area contributed by atoms with Crippen LogP contribution in [-0.4, -0.2) is 36.2 Å². The molecule has 0 atom stereocenters. The van der Waals surface area contributed by atoms with Crippen molar-refractivity contribution in [2.24, 2.45) is 5.41 Å². The van der Waals surface area contributed by atoms with E-state index in [0.717, 1.165) is 39.0 Å². The molecule has 1 saturated heterocycles. The van der Waals surface area contributed by atoms with Gasteiger partial charge in [-0.3, -0.25) is 4.79 Å². The number of thioether (sulfide) groups is 1. The van der Waals surface area contributed by atoms with Gasteiger partial charge >= 0.3 is 10.2 Å². The molecule has 0 bridgehead atoms. The van der Waals surface area contributed by atoms with Gasteiger partial charge in [-0.2, -0.15) is 8.42 Å². The van der Waals surface area contributed by atoms with Crippen LogP contribution in [0.3, 0.4) is 0 Å². The summed E-state index contributed by atoms with van der Waals surface area (Å²) in [5.74, 6) is 1.23. The molecule has 4 aromatic carbocycles. The Labute approximate surface area is 290 Å². The van der Waals surface area contributed by atoms with E-state index in [1.807, 2.05) is 39.4 Å². The van der Waals surface area contributed by atoms with Crippen LogP contribution in [-0.2, 0) is 21.4 Å². The van der Waals surface area contributed by atoms with Gasteiger partial charge in [0.25, 0.3) is 5.91 Å². The second kappa shape index (κ2) is 13.4. The van der Waals surface area contributed by atoms with Crippen LogP contribution in [0, 0.1) is 5.41 Å². The summed E-state index contributed by atoms with van der Waals surface area (Å²) in [5, 5.41) is 0.994. The highest BCUT2D eigenvalue weighted by Gasteiger charge is 2.34. The standard InChI is InChI=1S/C36H34Cl2N4O3S2/c1-36(2,3)16-17-46-30-9-4-6-26(19-30)25-12-10-24(11-13-25)18-34-39-33(31-15-14-27(37)20-32(31)38)22-41(34)28-7-5-8-29(21-28)42-23-35(43)40-47(42,44)45/h4-15,19-22H,16-18,23H2,1-3H3,(H,40,43). The third-order valence-corrected chi connectivity index (χ3v) is 10.8. The number of imidazole rings is 1. The smallest absolute Gasteiger partial charge is 0.303 e. The van der Waals surface area contributed by atoms with Crippen LogP contribution in [0.25, 0.3) is 28.1 Å². The lowest BCUT2D eigenvalue weighted by Gasteiger charge is -2.17. The number of benzene rings is 4. The van der Waals surface area contributed by atoms with E-state index in [9.17, 15) is 13.2 Å². The van der Waals surface area contributed by atoms with Crippen molar-refractivity contribution in [2.45, 2.75) is 38.5 Å². The molecule has 0 unspecified atom stereocenters. The van der Waals surface area contributed by atoms with Gasteiger partial charge in [-0.25, -0.2) is 14.0 Å². The number of nitrogens with zero attached hydrogens (tertiary/aromatic N) is 3. The lowest BCUT2D eigenvalue weighted by Crippen LogP contribution is -2.29. The first-order chi connectivity index (χ1) is 22.3. The highest BCUT2D eigenvalue weighted by molar-refractivity contribution is 7.99. The fourth-order valence-corrected chi connectivity index (χ4v) is 8.29. The number of aromatic nitrogens is 2. The van der Waals surface area contributed by atoms with E-state index in [0.29, 0.717) is 38.9 Å². The quantitative estimate of drug-likeness (QED) is 0.155. The summed E-state index contributed by atoms with van der Waals surface area (Å²) in [6.45, 7) is 6.53. The summed E-state index contributed by atoms with van der Waals surface area (Å²) in [6, 6.07) is 29.4. The van der Waals surface area contributed by atoms with Gasteiger partial charge in [-0.15, -0.1) is 11.8 Å². The molecule has 1 amide bonds. The van der Waals surface area contributed by atoms with E-state index < -0.39 is 16.1 Å². The average Bonchev–Trinajstić information content (AvgIpc) is 3.55. The van der Waals surface area contributed by atoms with Gasteiger partial charge in [-0.05, 0) is 82.8 Å². The summed E-state index contributed by atoms with van der Waals surface area (Å²) in [6.07, 6.45) is 3.53. The Bertz CT molecular complexity index is 2060. The Hall–Kier alpha value is -3.76. The van der Waals surface area contributed by atoms with Crippen LogP contribution >= 0.6 is 35.0 Å². The van der Waals surface area contributed by atoms with Gasteiger partial charge in [0.1, 0.15) is 12.4 Å². The predicted molar refractivity (Wildman–Crippen MR) is 193 cm³/mol. The molecule has 0 radical (unpaired) electrons. The Balaban J connectivity index is 1.31. The van der Waals surface area contributed by atoms with Crippen LogP contribution in [0.2, 0.25) is 10.0 Å². The molecule has 1 fully saturated rings. The number of halogens is 2. The predicted octanol–water partition coefficient (Wildman–Crippen LogP) is 8.81. The normalized spacial score (nSPS) is 14.4. The monoisotopic (exact) mass is 704 g/mol. The molecule has 0 spiro atoms. The fraction of sp³-hybridized carbons (Fsp3) is 0.222. The van der Waals surface area contributed by atoms with Crippen LogP contribution in [0.5, 0.6) is 0 Å². The maximum Gasteiger partial charge on any atom is 0.326 e. The van der Waals surface area contributed by atoms with Crippen LogP contribution in [0.1, 0.15) is 38.6 Å². The average molecular weight is 706 g/mol. The summed E-state index contributed by atoms with van der Waals surface area (Å²) in [7, 11) is -3.96. The molecule has 1 aliphatic heterocycles. The van der Waals surface area contributed by atoms with Gasteiger partial charge in [0, 0.05) is 33.8 Å². The van der Waals surface area contributed by atoms with E-state index in [-0.39, 0.29) is 6.54 Å². The van der Waals surface area contributed by atoms with Crippen molar-refractivity contribution in [3.05, 3.63) is 119 Å². The zero-order valence-electron chi connectivity index (χ0n) is 26.2. The number of hydrogen-bond acceptors (Lipinski definition) is 5. The second-order valence-electron chi connectivity index (χ2n) is 12.7. The molecular formula is C36H34Cl2N4O3S2. The molecule has 0 saturated carbocycles. The number of nitrogens with one attached hydrogen (secondary N) is 1. The largest absolute Gasteiger partial charge is 0.326 e. The maximum atomic E-state index is 12.6. The number of anilines is 1. The molecule has 11 heteroatoms. The molecule has 2 heterocycles. The van der Waals surface area contributed by atoms with Crippen molar-refractivity contribution in [1.82, 2.24) is 14.3 Å². The minimum atomic E-state index is -3.96. The fourth-order valence-electron chi connectivity index (χ4n) is 5.31. The first kappa shape index (κ1) is 33.2. The van der Waals surface area contributed by atoms with Crippen molar-refractivity contribution < 1.29 is 13.2 Å². The third-order valence-electron chi connectivity index (χ3n) is 7.81. The lowest BCUT2D eigenvalue weighted by atomic mass is 9.94. The third kappa shape index (κ3) is 7.87. The summed E-state index contributed by atoms with van der Waals surface area (Å²) < 4.78 is 30.1. The van der Waals surface area contributed by atoms with E-state index >= 15 is 0 Å². The van der Waals surface area contributed by atoms with Crippen LogP contribution < -0.4 is 9.03 Å². The van der Waals surface area contributed by atoms with E-state index in [2.05, 4.69) is 69.3 Å². The Morgan fingerprint density at radius 1 is 0.894 bits per heavy atom. The van der Waals surface area contributed by atoms with Crippen molar-refractivity contribution in [3.63, 3.8) is 0 Å². The number of rotatable bonds is 9. The first-order valence-electron chi connectivity index (χ1n) is 15.1. The molecule has 242 valence electrons. The van der Waals surface area contributed by atoms with Crippen molar-refractivity contribution in [3.8, 4) is 28.1 Å². The van der Waals surface area contributed by atoms with Crippen LogP contribution in [0.15, 0.2) is 102 Å². The minimum Gasteiger partial charge on any atom is -0.303 e. The van der Waals surface area contributed by atoms with Gasteiger partial charge in [0.2, 0.25) is 0 Å². The summed E-state index contributed by atoms with van der Waals surface area (Å²) in [5.41, 5.74) is 6.09. The molecule has 5 aromatic rings. The van der Waals surface area contributed by atoms with Crippen molar-refractivity contribution in [1.29, 1.82) is 0 Å². The van der Waals surface area contributed by atoms with Gasteiger partial charge in [-0.1, -0.05) is 86.4 Å². The zero-order valence-corrected chi connectivity index (χ0v) is 29.3. The summed E-state index contributed by atoms with van der Waals surface area (Å²) in [4.78, 5) is 18.1. The molecule has 1 aromatic heterocycles. The van der Waals surface area contributed by atoms with E-state index in [1.54, 1.807) is 30.3 Å². The molecule has 1 aliphatic rings. The van der Waals surface area contributed by atoms with Crippen molar-refractivity contribution in [2.75, 3.05) is 16.6 Å². The highest BCUT2D eigenvalue weighted by Crippen LogP contribution is 2.33. The number of amides is 1. The van der Waals surface area contributed by atoms with Gasteiger partial charge < -0.3 is 4.57 Å². The molecular weight excluding hydrogens is 671 g/mol. The Kier molecular flexibility index (Phi) is 9.45. The molecule has 6 rings (SSSR count). The van der Waals surface area contributed by atoms with Gasteiger partial charge in [0.15, 0.2) is 0 Å². The second-order valence-corrected chi connectivity index (χ2v) is 16.3. The lowest BCUT2D eigenvalue weighted by molar-refractivity contribution is -0.117. The summed E-state index contributed by atoms with van der Waals surface area (Å²) >= 11 is 14.6. The SMILES string of the molecule is CC(C)(C)CCSc1cccc(-c2ccc(Cc3nc(-c4ccc(Cl)cc4Cl)cn3-c3cccc(N4CC(=O)NS4(=O)=O)c3)cc2)c1. The topological polar surface area (TPSA) is 84.3 Å². The zero-order chi connectivity index (χ0) is 33.3. The molecule has 1 N–H and O–H groups in total. The first-order valence-corrected chi connectivity index (χ1v) is 18.3. The Morgan fingerprint density at radius 3 is 2.34 bits per heavy atom. The number of hydrogen-bond donors (Lipinski definition) is 1. The van der Waals surface area contributed by atoms with Crippen molar-refractivity contribution >= 4 is 56.8 Å². The highest BCUT2D eigenvalue weighted by atomic mass is 35.5. The molecule has 7 nitrogen and oxygen atoms in total.